The molecular formula is C5H10N4O2. The van der Waals surface area contributed by atoms with E-state index < -0.39 is 6.03 Å². The molecule has 0 saturated carbocycles. The van der Waals surface area contributed by atoms with Crippen molar-refractivity contribution >= 4 is 18.2 Å². The quantitative estimate of drug-likeness (QED) is 0.350. The maximum atomic E-state index is 10.6. The van der Waals surface area contributed by atoms with Crippen LogP contribution >= 0.6 is 0 Å². The van der Waals surface area contributed by atoms with Crippen molar-refractivity contribution in [2.24, 2.45) is 5.10 Å². The molecule has 0 unspecified atom stereocenters. The first-order valence-electron chi connectivity index (χ1n) is 2.97. The molecule has 3 N–H and O–H groups in total. The van der Waals surface area contributed by atoms with Gasteiger partial charge >= 0.3 is 6.03 Å². The number of hydrogen-bond acceptors (Lipinski definition) is 3. The Morgan fingerprint density at radius 1 is 1.36 bits per heavy atom. The van der Waals surface area contributed by atoms with Gasteiger partial charge in [0, 0.05) is 13.1 Å². The largest absolute Gasteiger partial charge is 0.353 e. The number of carbonyl (C=O) groups excluding carboxylic acids is 2. The first kappa shape index (κ1) is 9.41. The summed E-state index contributed by atoms with van der Waals surface area (Å²) >= 11 is 0. The predicted molar refractivity (Wildman–Crippen MR) is 39.7 cm³/mol. The number of hydrazone groups is 1. The monoisotopic (exact) mass is 158 g/mol. The van der Waals surface area contributed by atoms with Crippen LogP contribution in [0, 0.1) is 0 Å². The van der Waals surface area contributed by atoms with E-state index in [1.165, 1.54) is 13.1 Å². The normalized spacial score (nSPS) is 9.27. The molecule has 0 radical (unpaired) electrons. The van der Waals surface area contributed by atoms with E-state index in [1.807, 2.05) is 0 Å². The fourth-order valence-electron chi connectivity index (χ4n) is 0.296. The SMILES string of the molecule is CC=NNC(=O)NNC(C)=O. The van der Waals surface area contributed by atoms with Gasteiger partial charge in [0.05, 0.1) is 0 Å². The van der Waals surface area contributed by atoms with E-state index in [2.05, 4.69) is 21.4 Å². The molecule has 0 aliphatic rings. The lowest BCUT2D eigenvalue weighted by Crippen LogP contribution is -2.44. The highest BCUT2D eigenvalue weighted by atomic mass is 16.2. The smallest absolute Gasteiger partial charge is 0.274 e. The van der Waals surface area contributed by atoms with Crippen molar-refractivity contribution in [2.45, 2.75) is 13.8 Å². The second-order valence-electron chi connectivity index (χ2n) is 1.63. The Bertz CT molecular complexity index is 177. The van der Waals surface area contributed by atoms with Gasteiger partial charge in [0.1, 0.15) is 0 Å². The first-order chi connectivity index (χ1) is 5.16. The lowest BCUT2D eigenvalue weighted by Gasteiger charge is -2.02. The van der Waals surface area contributed by atoms with Crippen LogP contribution in [0.1, 0.15) is 13.8 Å². The fourth-order valence-corrected chi connectivity index (χ4v) is 0.296. The van der Waals surface area contributed by atoms with Crippen molar-refractivity contribution in [3.8, 4) is 0 Å². The molecule has 0 aromatic heterocycles. The summed E-state index contributed by atoms with van der Waals surface area (Å²) in [6, 6.07) is -0.585. The molecule has 0 heterocycles. The lowest BCUT2D eigenvalue weighted by molar-refractivity contribution is -0.119. The number of hydrogen-bond donors (Lipinski definition) is 3. The third-order valence-corrected chi connectivity index (χ3v) is 0.647. The van der Waals surface area contributed by atoms with Gasteiger partial charge < -0.3 is 0 Å². The van der Waals surface area contributed by atoms with Gasteiger partial charge in [-0.1, -0.05) is 0 Å². The molecule has 0 fully saturated rings. The van der Waals surface area contributed by atoms with Crippen molar-refractivity contribution in [1.82, 2.24) is 16.3 Å². The Hall–Kier alpha value is -1.59. The number of nitrogens with one attached hydrogen (secondary N) is 3. The van der Waals surface area contributed by atoms with Crippen LogP contribution in [0.3, 0.4) is 0 Å². The van der Waals surface area contributed by atoms with Gasteiger partial charge in [-0.15, -0.1) is 0 Å². The van der Waals surface area contributed by atoms with Gasteiger partial charge in [-0.2, -0.15) is 5.10 Å². The van der Waals surface area contributed by atoms with Gasteiger partial charge in [-0.05, 0) is 6.92 Å². The molecule has 0 atom stereocenters. The summed E-state index contributed by atoms with van der Waals surface area (Å²) in [7, 11) is 0. The van der Waals surface area contributed by atoms with Crippen LogP contribution in [0.2, 0.25) is 0 Å². The Kier molecular flexibility index (Phi) is 4.46. The van der Waals surface area contributed by atoms with Crippen molar-refractivity contribution in [3.63, 3.8) is 0 Å². The topological polar surface area (TPSA) is 82.6 Å². The second-order valence-corrected chi connectivity index (χ2v) is 1.63. The van der Waals surface area contributed by atoms with Crippen molar-refractivity contribution in [2.75, 3.05) is 0 Å². The standard InChI is InChI=1S/C5H10N4O2/c1-3-6-8-5(11)9-7-4(2)10/h3H,1-2H3,(H,7,10)(H2,8,9,11). The van der Waals surface area contributed by atoms with Crippen LogP contribution in [0.4, 0.5) is 4.79 Å². The maximum absolute atomic E-state index is 10.6. The Morgan fingerprint density at radius 2 is 2.00 bits per heavy atom. The van der Waals surface area contributed by atoms with Crippen LogP contribution in [-0.2, 0) is 4.79 Å². The van der Waals surface area contributed by atoms with E-state index >= 15 is 0 Å². The molecule has 0 aromatic carbocycles. The molecule has 0 rings (SSSR count). The van der Waals surface area contributed by atoms with E-state index in [0.717, 1.165) is 0 Å². The molecule has 0 aromatic rings. The average Bonchev–Trinajstić information content (AvgIpc) is 1.97. The number of amides is 3. The second kappa shape index (κ2) is 5.21. The van der Waals surface area contributed by atoms with Crippen molar-refractivity contribution in [3.05, 3.63) is 0 Å². The molecule has 11 heavy (non-hydrogen) atoms. The van der Waals surface area contributed by atoms with Gasteiger partial charge in [0.2, 0.25) is 5.91 Å². The van der Waals surface area contributed by atoms with E-state index in [-0.39, 0.29) is 5.91 Å². The van der Waals surface area contributed by atoms with Gasteiger partial charge in [0.15, 0.2) is 0 Å². The molecule has 0 spiro atoms. The Labute approximate surface area is 64.0 Å². The van der Waals surface area contributed by atoms with Crippen molar-refractivity contribution < 1.29 is 9.59 Å². The zero-order chi connectivity index (χ0) is 8.69. The van der Waals surface area contributed by atoms with Crippen LogP contribution in [0.5, 0.6) is 0 Å². The van der Waals surface area contributed by atoms with Gasteiger partial charge in [-0.25, -0.2) is 15.6 Å². The van der Waals surface area contributed by atoms with E-state index in [9.17, 15) is 9.59 Å². The minimum absolute atomic E-state index is 0.347. The number of urea groups is 1. The fraction of sp³-hybridized carbons (Fsp3) is 0.400. The molecule has 0 aliphatic heterocycles. The Balaban J connectivity index is 3.45. The summed E-state index contributed by atoms with van der Waals surface area (Å²) in [5.74, 6) is -0.347. The molecule has 0 aliphatic carbocycles. The zero-order valence-corrected chi connectivity index (χ0v) is 6.34. The van der Waals surface area contributed by atoms with Crippen LogP contribution in [-0.4, -0.2) is 18.2 Å². The van der Waals surface area contributed by atoms with Crippen LogP contribution < -0.4 is 16.3 Å². The predicted octanol–water partition coefficient (Wildman–Crippen LogP) is -0.658. The summed E-state index contributed by atoms with van der Waals surface area (Å²) in [5.41, 5.74) is 6.23. The highest BCUT2D eigenvalue weighted by Crippen LogP contribution is 1.61. The summed E-state index contributed by atoms with van der Waals surface area (Å²) in [6.45, 7) is 2.93. The lowest BCUT2D eigenvalue weighted by atomic mass is 10.8. The average molecular weight is 158 g/mol. The third kappa shape index (κ3) is 6.29. The van der Waals surface area contributed by atoms with E-state index in [4.69, 9.17) is 0 Å². The third-order valence-electron chi connectivity index (χ3n) is 0.647. The molecule has 0 saturated heterocycles. The van der Waals surface area contributed by atoms with Gasteiger partial charge in [0.25, 0.3) is 0 Å². The molecule has 0 bridgehead atoms. The summed E-state index contributed by atoms with van der Waals surface area (Å²) in [6.07, 6.45) is 1.41. The molecule has 3 amide bonds. The molecule has 62 valence electrons. The number of hydrazine groups is 1. The first-order valence-corrected chi connectivity index (χ1v) is 2.97. The molecule has 6 nitrogen and oxygen atoms in total. The molecular weight excluding hydrogens is 148 g/mol. The zero-order valence-electron chi connectivity index (χ0n) is 6.34. The van der Waals surface area contributed by atoms with Crippen LogP contribution in [0.15, 0.2) is 5.10 Å². The minimum atomic E-state index is -0.585. The number of rotatable bonds is 1. The molecule has 6 heteroatoms. The summed E-state index contributed by atoms with van der Waals surface area (Å²) in [5, 5.41) is 3.41. The maximum Gasteiger partial charge on any atom is 0.353 e. The van der Waals surface area contributed by atoms with E-state index in [1.54, 1.807) is 6.92 Å². The van der Waals surface area contributed by atoms with Gasteiger partial charge in [-0.3, -0.25) is 10.2 Å². The van der Waals surface area contributed by atoms with Crippen LogP contribution in [0.25, 0.3) is 0 Å². The highest BCUT2D eigenvalue weighted by Gasteiger charge is 1.95. The number of nitrogens with zero attached hydrogens (tertiary/aromatic N) is 1. The minimum Gasteiger partial charge on any atom is -0.274 e. The Morgan fingerprint density at radius 3 is 2.45 bits per heavy atom. The number of carbonyl (C=O) groups is 2. The highest BCUT2D eigenvalue weighted by molar-refractivity contribution is 5.79. The van der Waals surface area contributed by atoms with E-state index in [0.29, 0.717) is 0 Å². The summed E-state index contributed by atoms with van der Waals surface area (Å²) in [4.78, 5) is 20.8. The summed E-state index contributed by atoms with van der Waals surface area (Å²) < 4.78 is 0. The van der Waals surface area contributed by atoms with Crippen molar-refractivity contribution in [1.29, 1.82) is 0 Å².